The Balaban J connectivity index is 2.19. The lowest BCUT2D eigenvalue weighted by Gasteiger charge is -2.22. The quantitative estimate of drug-likeness (QED) is 0.517. The summed E-state index contributed by atoms with van der Waals surface area (Å²) in [5.74, 6) is -1.97. The summed E-state index contributed by atoms with van der Waals surface area (Å²) in [5, 5.41) is 16.0. The first-order valence-corrected chi connectivity index (χ1v) is 9.02. The summed E-state index contributed by atoms with van der Waals surface area (Å²) in [5.41, 5.74) is -0.415. The number of amides is 2. The Morgan fingerprint density at radius 2 is 1.90 bits per heavy atom. The van der Waals surface area contributed by atoms with Gasteiger partial charge in [-0.05, 0) is 37.1 Å². The average molecular weight is 403 g/mol. The summed E-state index contributed by atoms with van der Waals surface area (Å²) in [6.07, 6.45) is 0. The maximum Gasteiger partial charge on any atom is 0.306 e. The number of nitro benzene ring substituents is 1. The van der Waals surface area contributed by atoms with Crippen molar-refractivity contribution in [1.82, 2.24) is 5.32 Å². The number of anilines is 1. The summed E-state index contributed by atoms with van der Waals surface area (Å²) in [6, 6.07) is 8.76. The van der Waals surface area contributed by atoms with Crippen molar-refractivity contribution >= 4 is 23.2 Å². The first-order valence-electron chi connectivity index (χ1n) is 9.02. The van der Waals surface area contributed by atoms with Gasteiger partial charge < -0.3 is 15.4 Å². The molecular formula is C20H22FN3O5. The molecule has 0 radical (unpaired) electrons. The molecule has 2 aromatic rings. The Bertz CT molecular complexity index is 917. The number of carbonyl (C=O) groups is 2. The molecule has 0 unspecified atom stereocenters. The predicted octanol–water partition coefficient (Wildman–Crippen LogP) is 3.53. The number of benzene rings is 2. The first kappa shape index (κ1) is 21.8. The van der Waals surface area contributed by atoms with Gasteiger partial charge in [0.15, 0.2) is 0 Å². The van der Waals surface area contributed by atoms with Crippen molar-refractivity contribution in [2.24, 2.45) is 5.92 Å². The van der Waals surface area contributed by atoms with Gasteiger partial charge in [-0.3, -0.25) is 19.7 Å². The van der Waals surface area contributed by atoms with Gasteiger partial charge in [-0.1, -0.05) is 26.0 Å². The molecule has 2 amide bonds. The Morgan fingerprint density at radius 3 is 2.52 bits per heavy atom. The van der Waals surface area contributed by atoms with Crippen molar-refractivity contribution in [3.63, 3.8) is 0 Å². The Hall–Kier alpha value is -3.49. The number of hydrogen-bond donors (Lipinski definition) is 2. The smallest absolute Gasteiger partial charge is 0.306 e. The third-order valence-corrected chi connectivity index (χ3v) is 4.08. The second kappa shape index (κ2) is 9.63. The topological polar surface area (TPSA) is 111 Å². The van der Waals surface area contributed by atoms with Crippen molar-refractivity contribution < 1.29 is 23.6 Å². The van der Waals surface area contributed by atoms with E-state index in [0.29, 0.717) is 12.4 Å². The molecule has 2 rings (SSSR count). The number of nitrogens with zero attached hydrogens (tertiary/aromatic N) is 1. The molecule has 29 heavy (non-hydrogen) atoms. The third kappa shape index (κ3) is 5.50. The lowest BCUT2D eigenvalue weighted by molar-refractivity contribution is -0.387. The molecule has 9 heteroatoms. The summed E-state index contributed by atoms with van der Waals surface area (Å²) < 4.78 is 18.9. The molecule has 1 atom stereocenters. The van der Waals surface area contributed by atoms with E-state index in [9.17, 15) is 24.1 Å². The van der Waals surface area contributed by atoms with Gasteiger partial charge >= 0.3 is 5.69 Å². The number of rotatable bonds is 8. The van der Waals surface area contributed by atoms with Gasteiger partial charge in [0.05, 0.1) is 17.1 Å². The van der Waals surface area contributed by atoms with E-state index in [1.165, 1.54) is 6.07 Å². The van der Waals surface area contributed by atoms with Crippen LogP contribution in [-0.4, -0.2) is 29.4 Å². The molecule has 154 valence electrons. The fourth-order valence-corrected chi connectivity index (χ4v) is 2.64. The second-order valence-corrected chi connectivity index (χ2v) is 6.54. The van der Waals surface area contributed by atoms with Crippen molar-refractivity contribution in [2.75, 3.05) is 11.9 Å². The molecule has 0 fully saturated rings. The van der Waals surface area contributed by atoms with E-state index < -0.39 is 34.3 Å². The Morgan fingerprint density at radius 1 is 1.21 bits per heavy atom. The van der Waals surface area contributed by atoms with Gasteiger partial charge in [0.2, 0.25) is 11.7 Å². The zero-order valence-electron chi connectivity index (χ0n) is 16.3. The third-order valence-electron chi connectivity index (χ3n) is 4.08. The first-order chi connectivity index (χ1) is 13.7. The van der Waals surface area contributed by atoms with Gasteiger partial charge in [0, 0.05) is 11.8 Å². The molecule has 0 aromatic heterocycles. The number of carbonyl (C=O) groups excluding carboxylic acids is 2. The highest BCUT2D eigenvalue weighted by molar-refractivity contribution is 6.02. The van der Waals surface area contributed by atoms with Crippen LogP contribution in [0.1, 0.15) is 31.1 Å². The summed E-state index contributed by atoms with van der Waals surface area (Å²) in [6.45, 7) is 5.65. The molecular weight excluding hydrogens is 381 g/mol. The molecule has 0 saturated carbocycles. The van der Waals surface area contributed by atoms with E-state index in [0.717, 1.165) is 12.1 Å². The van der Waals surface area contributed by atoms with Crippen LogP contribution in [0.5, 0.6) is 5.75 Å². The zero-order chi connectivity index (χ0) is 21.6. The van der Waals surface area contributed by atoms with E-state index in [4.69, 9.17) is 4.74 Å². The van der Waals surface area contributed by atoms with Crippen molar-refractivity contribution in [1.29, 1.82) is 0 Å². The van der Waals surface area contributed by atoms with E-state index in [1.807, 2.05) is 0 Å². The normalized spacial score (nSPS) is 11.6. The summed E-state index contributed by atoms with van der Waals surface area (Å²) in [4.78, 5) is 35.4. The maximum absolute atomic E-state index is 13.5. The van der Waals surface area contributed by atoms with E-state index in [1.54, 1.807) is 45.0 Å². The number of nitro groups is 1. The van der Waals surface area contributed by atoms with Crippen LogP contribution in [0.4, 0.5) is 15.8 Å². The number of ether oxygens (including phenoxy) is 1. The fourth-order valence-electron chi connectivity index (χ4n) is 2.64. The minimum absolute atomic E-state index is 0.0534. The molecule has 0 spiro atoms. The highest BCUT2D eigenvalue weighted by Crippen LogP contribution is 2.22. The van der Waals surface area contributed by atoms with Gasteiger partial charge in [-0.15, -0.1) is 0 Å². The summed E-state index contributed by atoms with van der Waals surface area (Å²) >= 11 is 0. The number of halogens is 1. The van der Waals surface area contributed by atoms with Gasteiger partial charge in [0.1, 0.15) is 11.8 Å². The molecule has 0 aliphatic rings. The standard InChI is InChI=1S/C20H22FN3O5/c1-4-29-17-8-6-5-7-14(17)19(25)23-18(12(2)3)20(26)22-13-9-10-15(21)16(11-13)24(27)28/h5-12,18H,4H2,1-3H3,(H,22,26)(H,23,25)/t18-/m1/s1. The minimum atomic E-state index is -1.01. The Kier molecular flexibility index (Phi) is 7.24. The maximum atomic E-state index is 13.5. The lowest BCUT2D eigenvalue weighted by atomic mass is 10.0. The summed E-state index contributed by atoms with van der Waals surface area (Å²) in [7, 11) is 0. The zero-order valence-corrected chi connectivity index (χ0v) is 16.3. The van der Waals surface area contributed by atoms with Crippen molar-refractivity contribution in [3.05, 3.63) is 64.0 Å². The van der Waals surface area contributed by atoms with Crippen LogP contribution in [0.25, 0.3) is 0 Å². The van der Waals surface area contributed by atoms with E-state index >= 15 is 0 Å². The second-order valence-electron chi connectivity index (χ2n) is 6.54. The van der Waals surface area contributed by atoms with Crippen LogP contribution >= 0.6 is 0 Å². The molecule has 0 heterocycles. The van der Waals surface area contributed by atoms with Gasteiger partial charge in [0.25, 0.3) is 5.91 Å². The van der Waals surface area contributed by atoms with Crippen LogP contribution in [0.15, 0.2) is 42.5 Å². The van der Waals surface area contributed by atoms with Gasteiger partial charge in [-0.25, -0.2) is 0 Å². The SMILES string of the molecule is CCOc1ccccc1C(=O)N[C@@H](C(=O)Nc1ccc(F)c([N+](=O)[O-])c1)C(C)C. The van der Waals surface area contributed by atoms with Crippen LogP contribution in [0, 0.1) is 21.8 Å². The molecule has 0 aliphatic carbocycles. The van der Waals surface area contributed by atoms with Crippen LogP contribution in [0.2, 0.25) is 0 Å². The molecule has 2 N–H and O–H groups in total. The molecule has 0 saturated heterocycles. The van der Waals surface area contributed by atoms with Gasteiger partial charge in [-0.2, -0.15) is 4.39 Å². The monoisotopic (exact) mass is 403 g/mol. The number of para-hydroxylation sites is 1. The molecule has 8 nitrogen and oxygen atoms in total. The Labute approximate surface area is 167 Å². The largest absolute Gasteiger partial charge is 0.493 e. The van der Waals surface area contributed by atoms with Crippen molar-refractivity contribution in [2.45, 2.75) is 26.8 Å². The predicted molar refractivity (Wildman–Crippen MR) is 105 cm³/mol. The highest BCUT2D eigenvalue weighted by Gasteiger charge is 2.26. The minimum Gasteiger partial charge on any atom is -0.493 e. The molecule has 0 bridgehead atoms. The van der Waals surface area contributed by atoms with Crippen LogP contribution in [-0.2, 0) is 4.79 Å². The fraction of sp³-hybridized carbons (Fsp3) is 0.300. The van der Waals surface area contributed by atoms with E-state index in [-0.39, 0.29) is 17.2 Å². The lowest BCUT2D eigenvalue weighted by Crippen LogP contribution is -2.47. The molecule has 0 aliphatic heterocycles. The molecule has 2 aromatic carbocycles. The van der Waals surface area contributed by atoms with Crippen molar-refractivity contribution in [3.8, 4) is 5.75 Å². The number of nitrogens with one attached hydrogen (secondary N) is 2. The number of hydrogen-bond acceptors (Lipinski definition) is 5. The van der Waals surface area contributed by atoms with Crippen LogP contribution in [0.3, 0.4) is 0 Å². The average Bonchev–Trinajstić information content (AvgIpc) is 2.67. The highest BCUT2D eigenvalue weighted by atomic mass is 19.1. The van der Waals surface area contributed by atoms with Crippen LogP contribution < -0.4 is 15.4 Å². The van der Waals surface area contributed by atoms with E-state index in [2.05, 4.69) is 10.6 Å².